The molecule has 2 rings (SSSR count). The second-order valence-electron chi connectivity index (χ2n) is 4.72. The van der Waals surface area contributed by atoms with Crippen LogP contribution >= 0.6 is 0 Å². The van der Waals surface area contributed by atoms with Crippen molar-refractivity contribution in [3.8, 4) is 0 Å². The van der Waals surface area contributed by atoms with Gasteiger partial charge in [0.05, 0.1) is 0 Å². The molecule has 1 aromatic carbocycles. The van der Waals surface area contributed by atoms with Gasteiger partial charge in [-0.2, -0.15) is 0 Å². The second-order valence-corrected chi connectivity index (χ2v) is 4.72. The number of hydrogen-bond acceptors (Lipinski definition) is 1. The lowest BCUT2D eigenvalue weighted by molar-refractivity contribution is 0.438. The van der Waals surface area contributed by atoms with E-state index in [1.54, 1.807) is 0 Å². The van der Waals surface area contributed by atoms with Crippen molar-refractivity contribution in [3.05, 3.63) is 35.4 Å². The summed E-state index contributed by atoms with van der Waals surface area (Å²) in [4.78, 5) is 0. The molecule has 0 heterocycles. The third-order valence-electron chi connectivity index (χ3n) is 3.23. The van der Waals surface area contributed by atoms with Gasteiger partial charge in [-0.3, -0.25) is 0 Å². The Hall–Kier alpha value is -0.960. The van der Waals surface area contributed by atoms with Crippen LogP contribution in [0.1, 0.15) is 38.3 Å². The quantitative estimate of drug-likeness (QED) is 0.828. The van der Waals surface area contributed by atoms with E-state index in [0.29, 0.717) is 11.6 Å². The molecule has 1 nitrogen and oxygen atoms in total. The molecule has 3 heteroatoms. The highest BCUT2D eigenvalue weighted by Gasteiger charge is 2.28. The van der Waals surface area contributed by atoms with Crippen molar-refractivity contribution < 1.29 is 8.78 Å². The van der Waals surface area contributed by atoms with Crippen molar-refractivity contribution >= 4 is 0 Å². The summed E-state index contributed by atoms with van der Waals surface area (Å²) < 4.78 is 26.1. The molecule has 0 bridgehead atoms. The molecule has 1 aliphatic rings. The van der Waals surface area contributed by atoms with Crippen LogP contribution < -0.4 is 5.32 Å². The van der Waals surface area contributed by atoms with Crippen LogP contribution in [-0.2, 0) is 0 Å². The Morgan fingerprint density at radius 3 is 2.19 bits per heavy atom. The normalized spacial score (nSPS) is 19.5. The van der Waals surface area contributed by atoms with Crippen LogP contribution in [-0.4, -0.2) is 6.04 Å². The average Bonchev–Trinajstić information content (AvgIpc) is 2.98. The molecule has 1 N–H and O–H groups in total. The molecule has 1 saturated carbocycles. The van der Waals surface area contributed by atoms with E-state index in [4.69, 9.17) is 0 Å². The van der Waals surface area contributed by atoms with E-state index in [-0.39, 0.29) is 6.04 Å². The van der Waals surface area contributed by atoms with Gasteiger partial charge in [-0.05, 0) is 50.3 Å². The molecule has 1 aliphatic carbocycles. The molecule has 0 aromatic heterocycles. The Labute approximate surface area is 94.9 Å². The standard InChI is InChI=1S/C13H17F2N/c1-8(10-3-4-10)16-9(2)11-5-12(14)7-13(15)6-11/h5-10,16H,3-4H2,1-2H3. The maximum absolute atomic E-state index is 13.0. The maximum atomic E-state index is 13.0. The molecule has 0 spiro atoms. The number of halogens is 2. The second kappa shape index (κ2) is 4.50. The molecule has 1 fully saturated rings. The lowest BCUT2D eigenvalue weighted by Gasteiger charge is -2.20. The van der Waals surface area contributed by atoms with E-state index in [0.717, 1.165) is 12.0 Å². The molecule has 0 amide bonds. The van der Waals surface area contributed by atoms with Crippen LogP contribution in [0.3, 0.4) is 0 Å². The first-order chi connectivity index (χ1) is 7.56. The predicted octanol–water partition coefficient (Wildman–Crippen LogP) is 3.41. The maximum Gasteiger partial charge on any atom is 0.126 e. The highest BCUT2D eigenvalue weighted by atomic mass is 19.1. The van der Waals surface area contributed by atoms with Crippen LogP contribution in [0.5, 0.6) is 0 Å². The molecule has 2 atom stereocenters. The fourth-order valence-electron chi connectivity index (χ4n) is 2.05. The smallest absolute Gasteiger partial charge is 0.126 e. The topological polar surface area (TPSA) is 12.0 Å². The van der Waals surface area contributed by atoms with Gasteiger partial charge in [0.25, 0.3) is 0 Å². The molecular weight excluding hydrogens is 208 g/mol. The van der Waals surface area contributed by atoms with Gasteiger partial charge < -0.3 is 5.32 Å². The third kappa shape index (κ3) is 2.79. The molecule has 0 radical (unpaired) electrons. The molecule has 88 valence electrons. The highest BCUT2D eigenvalue weighted by molar-refractivity contribution is 5.21. The number of hydrogen-bond donors (Lipinski definition) is 1. The van der Waals surface area contributed by atoms with Gasteiger partial charge in [0.1, 0.15) is 11.6 Å². The Balaban J connectivity index is 2.04. The Morgan fingerprint density at radius 2 is 1.69 bits per heavy atom. The fourth-order valence-corrected chi connectivity index (χ4v) is 2.05. The zero-order chi connectivity index (χ0) is 11.7. The summed E-state index contributed by atoms with van der Waals surface area (Å²) in [5.41, 5.74) is 0.671. The van der Waals surface area contributed by atoms with Gasteiger partial charge in [-0.15, -0.1) is 0 Å². The minimum absolute atomic E-state index is 0.0131. The third-order valence-corrected chi connectivity index (χ3v) is 3.23. The van der Waals surface area contributed by atoms with Crippen LogP contribution in [0.4, 0.5) is 8.78 Å². The number of nitrogens with one attached hydrogen (secondary N) is 1. The van der Waals surface area contributed by atoms with E-state index in [9.17, 15) is 8.78 Å². The van der Waals surface area contributed by atoms with Crippen LogP contribution in [0, 0.1) is 17.6 Å². The SMILES string of the molecule is CC(NC(C)C1CC1)c1cc(F)cc(F)c1. The molecular formula is C13H17F2N. The lowest BCUT2D eigenvalue weighted by atomic mass is 10.1. The first kappa shape index (κ1) is 11.5. The van der Waals surface area contributed by atoms with E-state index in [1.807, 2.05) is 6.92 Å². The minimum Gasteiger partial charge on any atom is -0.307 e. The van der Waals surface area contributed by atoms with Gasteiger partial charge >= 0.3 is 0 Å². The van der Waals surface area contributed by atoms with Crippen molar-refractivity contribution in [2.75, 3.05) is 0 Å². The Bertz CT molecular complexity index is 354. The largest absolute Gasteiger partial charge is 0.307 e. The van der Waals surface area contributed by atoms with E-state index in [2.05, 4.69) is 12.2 Å². The molecule has 1 aromatic rings. The van der Waals surface area contributed by atoms with Gasteiger partial charge in [0.15, 0.2) is 0 Å². The fraction of sp³-hybridized carbons (Fsp3) is 0.538. The molecule has 2 unspecified atom stereocenters. The number of benzene rings is 1. The van der Waals surface area contributed by atoms with Crippen LogP contribution in [0.15, 0.2) is 18.2 Å². The van der Waals surface area contributed by atoms with Gasteiger partial charge in [-0.25, -0.2) is 8.78 Å². The summed E-state index contributed by atoms with van der Waals surface area (Å²) in [6.45, 7) is 4.07. The summed E-state index contributed by atoms with van der Waals surface area (Å²) in [6.07, 6.45) is 2.52. The van der Waals surface area contributed by atoms with E-state index < -0.39 is 11.6 Å². The minimum atomic E-state index is -0.511. The summed E-state index contributed by atoms with van der Waals surface area (Å²) >= 11 is 0. The summed E-state index contributed by atoms with van der Waals surface area (Å²) in [7, 11) is 0. The lowest BCUT2D eigenvalue weighted by Crippen LogP contribution is -2.30. The van der Waals surface area contributed by atoms with E-state index >= 15 is 0 Å². The van der Waals surface area contributed by atoms with Crippen LogP contribution in [0.2, 0.25) is 0 Å². The number of rotatable bonds is 4. The van der Waals surface area contributed by atoms with Crippen molar-refractivity contribution in [1.29, 1.82) is 0 Å². The average molecular weight is 225 g/mol. The summed E-state index contributed by atoms with van der Waals surface area (Å²) in [5.74, 6) is -0.286. The van der Waals surface area contributed by atoms with Crippen molar-refractivity contribution in [1.82, 2.24) is 5.32 Å². The summed E-state index contributed by atoms with van der Waals surface area (Å²) in [5, 5.41) is 3.38. The highest BCUT2D eigenvalue weighted by Crippen LogP contribution is 2.33. The van der Waals surface area contributed by atoms with Crippen molar-refractivity contribution in [3.63, 3.8) is 0 Å². The van der Waals surface area contributed by atoms with Gasteiger partial charge in [-0.1, -0.05) is 0 Å². The Kier molecular flexibility index (Phi) is 3.24. The van der Waals surface area contributed by atoms with Gasteiger partial charge in [0.2, 0.25) is 0 Å². The van der Waals surface area contributed by atoms with Crippen LogP contribution in [0.25, 0.3) is 0 Å². The van der Waals surface area contributed by atoms with E-state index in [1.165, 1.54) is 25.0 Å². The van der Waals surface area contributed by atoms with Gasteiger partial charge in [0, 0.05) is 18.2 Å². The Morgan fingerprint density at radius 1 is 1.12 bits per heavy atom. The zero-order valence-electron chi connectivity index (χ0n) is 9.63. The molecule has 0 saturated heterocycles. The monoisotopic (exact) mass is 225 g/mol. The zero-order valence-corrected chi connectivity index (χ0v) is 9.63. The summed E-state index contributed by atoms with van der Waals surface area (Å²) in [6, 6.07) is 4.09. The first-order valence-corrected chi connectivity index (χ1v) is 5.78. The van der Waals surface area contributed by atoms with Crippen molar-refractivity contribution in [2.24, 2.45) is 5.92 Å². The molecule has 0 aliphatic heterocycles. The first-order valence-electron chi connectivity index (χ1n) is 5.78. The predicted molar refractivity (Wildman–Crippen MR) is 60.1 cm³/mol. The molecule has 16 heavy (non-hydrogen) atoms. The van der Waals surface area contributed by atoms with Crippen molar-refractivity contribution in [2.45, 2.75) is 38.8 Å².